The van der Waals surface area contributed by atoms with E-state index in [0.717, 1.165) is 0 Å². The van der Waals surface area contributed by atoms with E-state index < -0.39 is 12.1 Å². The van der Waals surface area contributed by atoms with Gasteiger partial charge in [0.1, 0.15) is 12.4 Å². The van der Waals surface area contributed by atoms with E-state index >= 15 is 0 Å². The number of rotatable bonds is 6. The third kappa shape index (κ3) is 4.59. The summed E-state index contributed by atoms with van der Waals surface area (Å²) in [6.07, 6.45) is -0.822. The lowest BCUT2D eigenvalue weighted by molar-refractivity contribution is -0.148. The lowest BCUT2D eigenvalue weighted by Crippen LogP contribution is -2.31. The van der Waals surface area contributed by atoms with Crippen LogP contribution in [0.25, 0.3) is 11.4 Å². The summed E-state index contributed by atoms with van der Waals surface area (Å²) in [7, 11) is 0. The Bertz CT molecular complexity index is 988. The fourth-order valence-electron chi connectivity index (χ4n) is 2.38. The maximum absolute atomic E-state index is 13.7. The molecule has 7 nitrogen and oxygen atoms in total. The first-order valence-electron chi connectivity index (χ1n) is 8.57. The predicted octanol–water partition coefficient (Wildman–Crippen LogP) is 3.22. The van der Waals surface area contributed by atoms with E-state index in [1.165, 1.54) is 6.07 Å². The molecule has 0 spiro atoms. The zero-order valence-corrected chi connectivity index (χ0v) is 15.3. The van der Waals surface area contributed by atoms with Gasteiger partial charge in [0.15, 0.2) is 6.10 Å². The molecule has 1 aromatic heterocycles. The van der Waals surface area contributed by atoms with E-state index in [1.807, 2.05) is 0 Å². The van der Waals surface area contributed by atoms with E-state index in [2.05, 4.69) is 15.5 Å². The van der Waals surface area contributed by atoms with Crippen molar-refractivity contribution in [3.63, 3.8) is 0 Å². The second kappa shape index (κ2) is 8.43. The zero-order chi connectivity index (χ0) is 20.1. The number of hydrogen-bond donors (Lipinski definition) is 1. The Morgan fingerprint density at radius 2 is 1.96 bits per heavy atom. The highest BCUT2D eigenvalue weighted by molar-refractivity contribution is 5.95. The number of carbonyl (C=O) groups excluding carboxylic acids is 2. The Balaban J connectivity index is 1.56. The molecule has 0 aliphatic carbocycles. The second-order valence-electron chi connectivity index (χ2n) is 6.10. The van der Waals surface area contributed by atoms with Crippen molar-refractivity contribution < 1.29 is 23.2 Å². The van der Waals surface area contributed by atoms with Crippen molar-refractivity contribution in [1.29, 1.82) is 0 Å². The van der Waals surface area contributed by atoms with Gasteiger partial charge in [-0.2, -0.15) is 4.98 Å². The van der Waals surface area contributed by atoms with E-state index in [1.54, 1.807) is 56.3 Å². The van der Waals surface area contributed by atoms with Gasteiger partial charge in [0.25, 0.3) is 11.8 Å². The smallest absolute Gasteiger partial charge is 0.326 e. The summed E-state index contributed by atoms with van der Waals surface area (Å²) in [6, 6.07) is 13.1. The third-order valence-corrected chi connectivity index (χ3v) is 3.96. The number of esters is 1. The number of nitrogens with one attached hydrogen (secondary N) is 1. The number of hydrogen-bond acceptors (Lipinski definition) is 6. The minimum absolute atomic E-state index is 0.0683. The highest BCUT2D eigenvalue weighted by Crippen LogP contribution is 2.22. The number of carbonyl (C=O) groups is 2. The van der Waals surface area contributed by atoms with Crippen molar-refractivity contribution >= 4 is 11.9 Å². The molecule has 28 heavy (non-hydrogen) atoms. The van der Waals surface area contributed by atoms with Crippen LogP contribution in [0.2, 0.25) is 0 Å². The molecule has 1 heterocycles. The molecule has 2 aromatic carbocycles. The molecule has 0 fully saturated rings. The molecule has 1 atom stereocenters. The monoisotopic (exact) mass is 383 g/mol. The first kappa shape index (κ1) is 19.2. The fourth-order valence-corrected chi connectivity index (χ4v) is 2.38. The Morgan fingerprint density at radius 1 is 1.21 bits per heavy atom. The van der Waals surface area contributed by atoms with Crippen LogP contribution < -0.4 is 5.32 Å². The van der Waals surface area contributed by atoms with Crippen molar-refractivity contribution in [3.8, 4) is 11.4 Å². The largest absolute Gasteiger partial charge is 0.451 e. The van der Waals surface area contributed by atoms with Crippen molar-refractivity contribution in [2.24, 2.45) is 0 Å². The number of halogens is 1. The van der Waals surface area contributed by atoms with Crippen LogP contribution >= 0.6 is 0 Å². The van der Waals surface area contributed by atoms with Crippen LogP contribution in [-0.4, -0.2) is 28.6 Å². The molecular weight excluding hydrogens is 365 g/mol. The van der Waals surface area contributed by atoms with Crippen LogP contribution in [0, 0.1) is 12.7 Å². The van der Waals surface area contributed by atoms with Gasteiger partial charge in [-0.3, -0.25) is 9.59 Å². The van der Waals surface area contributed by atoms with E-state index in [9.17, 15) is 14.0 Å². The standard InChI is InChI=1S/C20H18FN3O4/c1-12-8-9-15(10-16(12)21)18-23-20(28-24-18)13(2)27-17(25)11-22-19(26)14-6-4-3-5-7-14/h3-10,13H,11H2,1-2H3,(H,22,26). The Kier molecular flexibility index (Phi) is 5.78. The van der Waals surface area contributed by atoms with Gasteiger partial charge in [-0.05, 0) is 37.6 Å². The van der Waals surface area contributed by atoms with Crippen LogP contribution in [-0.2, 0) is 9.53 Å². The molecule has 0 aliphatic heterocycles. The van der Waals surface area contributed by atoms with Crippen molar-refractivity contribution in [2.75, 3.05) is 6.54 Å². The van der Waals surface area contributed by atoms with Crippen molar-refractivity contribution in [1.82, 2.24) is 15.5 Å². The third-order valence-electron chi connectivity index (χ3n) is 3.96. The molecule has 8 heteroatoms. The molecule has 3 rings (SSSR count). The topological polar surface area (TPSA) is 94.3 Å². The normalized spacial score (nSPS) is 11.7. The summed E-state index contributed by atoms with van der Waals surface area (Å²) in [5.41, 5.74) is 1.40. The summed E-state index contributed by atoms with van der Waals surface area (Å²) in [4.78, 5) is 28.0. The summed E-state index contributed by atoms with van der Waals surface area (Å²) in [6.45, 7) is 2.91. The molecule has 1 unspecified atom stereocenters. The predicted molar refractivity (Wildman–Crippen MR) is 97.7 cm³/mol. The van der Waals surface area contributed by atoms with E-state index in [4.69, 9.17) is 9.26 Å². The molecule has 1 N–H and O–H groups in total. The second-order valence-corrected chi connectivity index (χ2v) is 6.10. The zero-order valence-electron chi connectivity index (χ0n) is 15.3. The molecular formula is C20H18FN3O4. The maximum Gasteiger partial charge on any atom is 0.326 e. The minimum atomic E-state index is -0.822. The minimum Gasteiger partial charge on any atom is -0.451 e. The van der Waals surface area contributed by atoms with Gasteiger partial charge in [-0.25, -0.2) is 4.39 Å². The summed E-state index contributed by atoms with van der Waals surface area (Å²) in [5, 5.41) is 6.26. The first-order valence-corrected chi connectivity index (χ1v) is 8.57. The number of aromatic nitrogens is 2. The van der Waals surface area contributed by atoms with Crippen LogP contribution in [0.4, 0.5) is 4.39 Å². The number of amides is 1. The van der Waals surface area contributed by atoms with Gasteiger partial charge in [0.05, 0.1) is 0 Å². The van der Waals surface area contributed by atoms with Gasteiger partial charge in [0.2, 0.25) is 5.82 Å². The number of aryl methyl sites for hydroxylation is 1. The quantitative estimate of drug-likeness (QED) is 0.657. The Hall–Kier alpha value is -3.55. The molecule has 1 amide bonds. The van der Waals surface area contributed by atoms with Gasteiger partial charge in [-0.15, -0.1) is 0 Å². The van der Waals surface area contributed by atoms with E-state index in [-0.39, 0.29) is 30.0 Å². The van der Waals surface area contributed by atoms with E-state index in [0.29, 0.717) is 16.7 Å². The first-order chi connectivity index (χ1) is 13.4. The van der Waals surface area contributed by atoms with Gasteiger partial charge in [-0.1, -0.05) is 35.5 Å². The molecule has 0 saturated carbocycles. The highest BCUT2D eigenvalue weighted by Gasteiger charge is 2.20. The van der Waals surface area contributed by atoms with Gasteiger partial charge >= 0.3 is 5.97 Å². The van der Waals surface area contributed by atoms with Gasteiger partial charge < -0.3 is 14.6 Å². The molecule has 0 aliphatic rings. The molecule has 0 saturated heterocycles. The highest BCUT2D eigenvalue weighted by atomic mass is 19.1. The Labute approximate surface area is 160 Å². The summed E-state index contributed by atoms with van der Waals surface area (Å²) >= 11 is 0. The SMILES string of the molecule is Cc1ccc(-c2noc(C(C)OC(=O)CNC(=O)c3ccccc3)n2)cc1F. The van der Waals surface area contributed by atoms with Gasteiger partial charge in [0, 0.05) is 11.1 Å². The Morgan fingerprint density at radius 3 is 2.68 bits per heavy atom. The molecule has 144 valence electrons. The molecule has 0 radical (unpaired) electrons. The van der Waals surface area contributed by atoms with Crippen molar-refractivity contribution in [3.05, 3.63) is 71.4 Å². The van der Waals surface area contributed by atoms with Crippen LogP contribution in [0.3, 0.4) is 0 Å². The van der Waals surface area contributed by atoms with Crippen molar-refractivity contribution in [2.45, 2.75) is 20.0 Å². The fraction of sp³-hybridized carbons (Fsp3) is 0.200. The maximum atomic E-state index is 13.7. The average molecular weight is 383 g/mol. The van der Waals surface area contributed by atoms with Crippen LogP contribution in [0.1, 0.15) is 34.8 Å². The molecule has 3 aromatic rings. The van der Waals surface area contributed by atoms with Crippen LogP contribution in [0.5, 0.6) is 0 Å². The number of ether oxygens (including phenoxy) is 1. The summed E-state index contributed by atoms with van der Waals surface area (Å²) in [5.74, 6) is -1.16. The lowest BCUT2D eigenvalue weighted by Gasteiger charge is -2.10. The number of nitrogens with zero attached hydrogens (tertiary/aromatic N) is 2. The number of benzene rings is 2. The van der Waals surface area contributed by atoms with Crippen LogP contribution in [0.15, 0.2) is 53.1 Å². The summed E-state index contributed by atoms with van der Waals surface area (Å²) < 4.78 is 24.0. The lowest BCUT2D eigenvalue weighted by atomic mass is 10.1. The molecule has 0 bridgehead atoms. The average Bonchev–Trinajstić information content (AvgIpc) is 3.19.